The van der Waals surface area contributed by atoms with Gasteiger partial charge in [-0.05, 0) is 26.3 Å². The number of hydrogen-bond donors (Lipinski definition) is 0. The van der Waals surface area contributed by atoms with Crippen molar-refractivity contribution in [3.63, 3.8) is 0 Å². The highest BCUT2D eigenvalue weighted by molar-refractivity contribution is 5.83. The molecule has 158 valence electrons. The standard InChI is InChI=1S/C25H47NO/c1-3-4-5-6-7-8-9-10-11-12-13-14-15-18-22-21-25(27)23-19-16-17-20-24(23)26(22)2/h22-24H,3-21H2,1-2H3. The number of rotatable bonds is 14. The molecule has 1 heterocycles. The fraction of sp³-hybridized carbons (Fsp3) is 0.960. The Bertz CT molecular complexity index is 394. The third-order valence-corrected chi connectivity index (χ3v) is 7.32. The summed E-state index contributed by atoms with van der Waals surface area (Å²) in [4.78, 5) is 15.1. The molecular formula is C25H47NO. The summed E-state index contributed by atoms with van der Waals surface area (Å²) in [5.41, 5.74) is 0. The first-order valence-electron chi connectivity index (χ1n) is 12.5. The van der Waals surface area contributed by atoms with Crippen LogP contribution in [-0.2, 0) is 4.79 Å². The van der Waals surface area contributed by atoms with E-state index in [1.807, 2.05) is 0 Å². The summed E-state index contributed by atoms with van der Waals surface area (Å²) in [5.74, 6) is 0.948. The van der Waals surface area contributed by atoms with Gasteiger partial charge in [-0.15, -0.1) is 0 Å². The number of ketones is 1. The van der Waals surface area contributed by atoms with Crippen LogP contribution >= 0.6 is 0 Å². The van der Waals surface area contributed by atoms with E-state index in [-0.39, 0.29) is 0 Å². The molecule has 0 aromatic carbocycles. The molecule has 1 aliphatic carbocycles. The highest BCUT2D eigenvalue weighted by Crippen LogP contribution is 2.36. The molecule has 2 rings (SSSR count). The maximum atomic E-state index is 12.5. The third kappa shape index (κ3) is 8.26. The molecule has 0 amide bonds. The van der Waals surface area contributed by atoms with Crippen molar-refractivity contribution < 1.29 is 4.79 Å². The zero-order valence-electron chi connectivity index (χ0n) is 18.5. The van der Waals surface area contributed by atoms with Crippen molar-refractivity contribution in [1.29, 1.82) is 0 Å². The maximum Gasteiger partial charge on any atom is 0.139 e. The van der Waals surface area contributed by atoms with Crippen molar-refractivity contribution in [1.82, 2.24) is 4.90 Å². The molecule has 1 aliphatic heterocycles. The molecule has 2 fully saturated rings. The van der Waals surface area contributed by atoms with E-state index < -0.39 is 0 Å². The van der Waals surface area contributed by atoms with Crippen molar-refractivity contribution in [3.8, 4) is 0 Å². The second-order valence-corrected chi connectivity index (χ2v) is 9.48. The second-order valence-electron chi connectivity index (χ2n) is 9.48. The van der Waals surface area contributed by atoms with Crippen LogP contribution in [0.5, 0.6) is 0 Å². The number of carbonyl (C=O) groups excluding carboxylic acids is 1. The van der Waals surface area contributed by atoms with Crippen molar-refractivity contribution in [3.05, 3.63) is 0 Å². The number of carbonyl (C=O) groups is 1. The number of fused-ring (bicyclic) bond motifs is 1. The van der Waals surface area contributed by atoms with E-state index in [1.165, 1.54) is 109 Å². The fourth-order valence-electron chi connectivity index (χ4n) is 5.48. The smallest absolute Gasteiger partial charge is 0.139 e. The number of Topliss-reactive ketones (excluding diaryl/α,β-unsaturated/α-hetero) is 1. The van der Waals surface area contributed by atoms with Crippen molar-refractivity contribution in [2.75, 3.05) is 7.05 Å². The highest BCUT2D eigenvalue weighted by atomic mass is 16.1. The zero-order chi connectivity index (χ0) is 19.3. The number of unbranched alkanes of at least 4 members (excludes halogenated alkanes) is 12. The second kappa shape index (κ2) is 13.7. The Kier molecular flexibility index (Phi) is 11.7. The quantitative estimate of drug-likeness (QED) is 0.296. The van der Waals surface area contributed by atoms with E-state index in [2.05, 4.69) is 18.9 Å². The van der Waals surface area contributed by atoms with Gasteiger partial charge in [-0.3, -0.25) is 9.69 Å². The molecule has 0 aromatic heterocycles. The Balaban J connectivity index is 1.43. The Morgan fingerprint density at radius 1 is 0.778 bits per heavy atom. The minimum atomic E-state index is 0.367. The van der Waals surface area contributed by atoms with Crippen LogP contribution in [0.3, 0.4) is 0 Å². The van der Waals surface area contributed by atoms with Gasteiger partial charge in [-0.25, -0.2) is 0 Å². The maximum absolute atomic E-state index is 12.5. The zero-order valence-corrected chi connectivity index (χ0v) is 18.5. The van der Waals surface area contributed by atoms with Crippen LogP contribution in [0.25, 0.3) is 0 Å². The topological polar surface area (TPSA) is 20.3 Å². The number of nitrogens with zero attached hydrogens (tertiary/aromatic N) is 1. The minimum Gasteiger partial charge on any atom is -0.299 e. The van der Waals surface area contributed by atoms with Crippen LogP contribution in [0.1, 0.15) is 129 Å². The average Bonchev–Trinajstić information content (AvgIpc) is 2.69. The first kappa shape index (κ1) is 22.9. The van der Waals surface area contributed by atoms with E-state index >= 15 is 0 Å². The van der Waals surface area contributed by atoms with Gasteiger partial charge in [0.2, 0.25) is 0 Å². The normalized spacial score (nSPS) is 26.3. The van der Waals surface area contributed by atoms with Crippen LogP contribution in [0.4, 0.5) is 0 Å². The van der Waals surface area contributed by atoms with Crippen LogP contribution in [0.2, 0.25) is 0 Å². The van der Waals surface area contributed by atoms with Gasteiger partial charge in [-0.2, -0.15) is 0 Å². The predicted molar refractivity (Wildman–Crippen MR) is 117 cm³/mol. The van der Waals surface area contributed by atoms with Gasteiger partial charge < -0.3 is 0 Å². The summed E-state index contributed by atoms with van der Waals surface area (Å²) in [5, 5.41) is 0. The summed E-state index contributed by atoms with van der Waals surface area (Å²) in [6, 6.07) is 1.09. The van der Waals surface area contributed by atoms with Gasteiger partial charge in [0.1, 0.15) is 5.78 Å². The van der Waals surface area contributed by atoms with E-state index in [0.29, 0.717) is 23.8 Å². The molecule has 3 atom stereocenters. The van der Waals surface area contributed by atoms with E-state index in [4.69, 9.17) is 0 Å². The molecular weight excluding hydrogens is 330 g/mol. The number of hydrogen-bond acceptors (Lipinski definition) is 2. The largest absolute Gasteiger partial charge is 0.299 e. The summed E-state index contributed by atoms with van der Waals surface area (Å²) in [7, 11) is 2.29. The lowest BCUT2D eigenvalue weighted by molar-refractivity contribution is -0.133. The molecule has 2 heteroatoms. The van der Waals surface area contributed by atoms with Crippen molar-refractivity contribution in [2.24, 2.45) is 5.92 Å². The highest BCUT2D eigenvalue weighted by Gasteiger charge is 2.40. The minimum absolute atomic E-state index is 0.367. The predicted octanol–water partition coefficient (Wildman–Crippen LogP) is 7.30. The van der Waals surface area contributed by atoms with Crippen LogP contribution in [0, 0.1) is 5.92 Å². The lowest BCUT2D eigenvalue weighted by Gasteiger charge is -2.46. The van der Waals surface area contributed by atoms with E-state index in [1.54, 1.807) is 0 Å². The van der Waals surface area contributed by atoms with Crippen molar-refractivity contribution >= 4 is 5.78 Å². The van der Waals surface area contributed by atoms with Crippen LogP contribution in [-0.4, -0.2) is 29.8 Å². The SMILES string of the molecule is CCCCCCCCCCCCCCCC1CC(=O)C2CCCCC2N1C. The fourth-order valence-corrected chi connectivity index (χ4v) is 5.48. The molecule has 0 aromatic rings. The van der Waals surface area contributed by atoms with E-state index in [0.717, 1.165) is 12.8 Å². The molecule has 1 saturated carbocycles. The Hall–Kier alpha value is -0.370. The molecule has 27 heavy (non-hydrogen) atoms. The van der Waals surface area contributed by atoms with E-state index in [9.17, 15) is 4.79 Å². The first-order valence-corrected chi connectivity index (χ1v) is 12.5. The number of likely N-dealkylation sites (tertiary alicyclic amines) is 1. The summed E-state index contributed by atoms with van der Waals surface area (Å²) in [6.45, 7) is 2.29. The van der Waals surface area contributed by atoms with Gasteiger partial charge in [0.05, 0.1) is 0 Å². The van der Waals surface area contributed by atoms with Gasteiger partial charge in [0.15, 0.2) is 0 Å². The monoisotopic (exact) mass is 377 g/mol. The summed E-state index contributed by atoms with van der Waals surface area (Å²) in [6.07, 6.45) is 25.5. The molecule has 0 bridgehead atoms. The molecule has 1 saturated heterocycles. The summed E-state index contributed by atoms with van der Waals surface area (Å²) >= 11 is 0. The Morgan fingerprint density at radius 2 is 1.30 bits per heavy atom. The average molecular weight is 378 g/mol. The Labute approximate surface area is 169 Å². The van der Waals surface area contributed by atoms with Gasteiger partial charge in [0.25, 0.3) is 0 Å². The molecule has 0 spiro atoms. The molecule has 3 unspecified atom stereocenters. The number of piperidine rings is 1. The molecule has 0 radical (unpaired) electrons. The van der Waals surface area contributed by atoms with Crippen LogP contribution in [0.15, 0.2) is 0 Å². The summed E-state index contributed by atoms with van der Waals surface area (Å²) < 4.78 is 0. The lowest BCUT2D eigenvalue weighted by atomic mass is 9.75. The van der Waals surface area contributed by atoms with Gasteiger partial charge in [-0.1, -0.05) is 103 Å². The first-order chi connectivity index (χ1) is 13.2. The molecule has 2 aliphatic rings. The Morgan fingerprint density at radius 3 is 1.89 bits per heavy atom. The van der Waals surface area contributed by atoms with Gasteiger partial charge in [0, 0.05) is 24.4 Å². The molecule has 0 N–H and O–H groups in total. The molecule has 2 nitrogen and oxygen atoms in total. The van der Waals surface area contributed by atoms with Crippen LogP contribution < -0.4 is 0 Å². The third-order valence-electron chi connectivity index (χ3n) is 7.32. The lowest BCUT2D eigenvalue weighted by Crippen LogP contribution is -2.53. The van der Waals surface area contributed by atoms with Gasteiger partial charge >= 0.3 is 0 Å². The van der Waals surface area contributed by atoms with Crippen molar-refractivity contribution in [2.45, 2.75) is 141 Å².